The molecule has 0 aliphatic rings. The van der Waals surface area contributed by atoms with Gasteiger partial charge in [-0.05, 0) is 43.2 Å². The minimum Gasteiger partial charge on any atom is -0.355 e. The van der Waals surface area contributed by atoms with Gasteiger partial charge in [0.2, 0.25) is 21.8 Å². The Kier molecular flexibility index (Phi) is 10.3. The lowest BCUT2D eigenvalue weighted by atomic mass is 10.1. The summed E-state index contributed by atoms with van der Waals surface area (Å²) in [6.45, 7) is 3.39. The molecule has 0 saturated carbocycles. The highest BCUT2D eigenvalue weighted by Crippen LogP contribution is 2.35. The minimum atomic E-state index is -3.96. The van der Waals surface area contributed by atoms with Gasteiger partial charge in [-0.2, -0.15) is 0 Å². The van der Waals surface area contributed by atoms with Crippen molar-refractivity contribution in [2.45, 2.75) is 32.9 Å². The number of likely N-dealkylation sites (N-methyl/N-ethyl adjacent to an activating group) is 1. The van der Waals surface area contributed by atoms with E-state index in [0.717, 1.165) is 16.1 Å². The third-order valence-corrected chi connectivity index (χ3v) is 7.34. The van der Waals surface area contributed by atoms with Crippen LogP contribution in [-0.4, -0.2) is 50.5 Å². The molecule has 34 heavy (non-hydrogen) atoms. The maximum Gasteiger partial charge on any atom is 0.244 e. The first kappa shape index (κ1) is 28.5. The van der Waals surface area contributed by atoms with Gasteiger partial charge in [-0.15, -0.1) is 0 Å². The third-order valence-electron chi connectivity index (χ3n) is 4.94. The highest BCUT2D eigenvalue weighted by molar-refractivity contribution is 7.92. The average Bonchev–Trinajstić information content (AvgIpc) is 2.75. The molecule has 186 valence electrons. The van der Waals surface area contributed by atoms with Crippen LogP contribution < -0.4 is 9.62 Å². The van der Waals surface area contributed by atoms with Crippen LogP contribution in [0.25, 0.3) is 0 Å². The molecule has 0 aliphatic heterocycles. The second kappa shape index (κ2) is 12.3. The van der Waals surface area contributed by atoms with Crippen LogP contribution >= 0.6 is 46.4 Å². The molecule has 0 aromatic heterocycles. The summed E-state index contributed by atoms with van der Waals surface area (Å²) in [5.74, 6) is -0.939. The van der Waals surface area contributed by atoms with Crippen LogP contribution in [0.4, 0.5) is 5.69 Å². The number of sulfonamides is 1. The van der Waals surface area contributed by atoms with E-state index in [9.17, 15) is 18.0 Å². The largest absolute Gasteiger partial charge is 0.355 e. The van der Waals surface area contributed by atoms with Crippen molar-refractivity contribution in [3.05, 3.63) is 62.1 Å². The van der Waals surface area contributed by atoms with Gasteiger partial charge in [0.05, 0.1) is 27.0 Å². The number of carbonyl (C=O) groups excluding carboxylic acids is 2. The van der Waals surface area contributed by atoms with E-state index in [1.807, 2.05) is 0 Å². The van der Waals surface area contributed by atoms with Crippen LogP contribution in [0.5, 0.6) is 0 Å². The van der Waals surface area contributed by atoms with E-state index in [2.05, 4.69) is 5.32 Å². The van der Waals surface area contributed by atoms with Crippen molar-refractivity contribution >= 4 is 73.9 Å². The number of carbonyl (C=O) groups is 2. The monoisotopic (exact) mass is 567 g/mol. The molecule has 12 heteroatoms. The zero-order valence-electron chi connectivity index (χ0n) is 18.8. The fourth-order valence-corrected chi connectivity index (χ4v) is 4.97. The van der Waals surface area contributed by atoms with E-state index in [1.54, 1.807) is 38.1 Å². The molecule has 1 atom stereocenters. The predicted octanol–water partition coefficient (Wildman–Crippen LogP) is 5.01. The molecule has 0 radical (unpaired) electrons. The second-order valence-corrected chi connectivity index (χ2v) is 11.0. The van der Waals surface area contributed by atoms with E-state index in [1.165, 1.54) is 17.0 Å². The van der Waals surface area contributed by atoms with Gasteiger partial charge in [0.1, 0.15) is 12.6 Å². The van der Waals surface area contributed by atoms with E-state index < -0.39 is 28.5 Å². The van der Waals surface area contributed by atoms with Crippen molar-refractivity contribution in [3.8, 4) is 0 Å². The van der Waals surface area contributed by atoms with Gasteiger partial charge in [-0.3, -0.25) is 13.9 Å². The van der Waals surface area contributed by atoms with E-state index in [0.29, 0.717) is 18.0 Å². The number of hydrogen-bond acceptors (Lipinski definition) is 4. The van der Waals surface area contributed by atoms with Gasteiger partial charge in [0.25, 0.3) is 0 Å². The van der Waals surface area contributed by atoms with Crippen molar-refractivity contribution in [2.24, 2.45) is 0 Å². The number of nitrogens with one attached hydrogen (secondary N) is 1. The Labute approximate surface area is 220 Å². The standard InChI is InChI=1S/C22H25Cl4N3O4S/c1-4-19(22(31)27-5-2)28(12-14-6-8-15(23)9-7-14)21(30)13-29(34(3,32)33)20-11-17(25)16(24)10-18(20)26/h6-11,19H,4-5,12-13H2,1-3H3,(H,27,31)/t19-/m1/s1. The highest BCUT2D eigenvalue weighted by Gasteiger charge is 2.32. The zero-order chi connectivity index (χ0) is 25.6. The Bertz CT molecular complexity index is 1140. The summed E-state index contributed by atoms with van der Waals surface area (Å²) in [6.07, 6.45) is 1.27. The molecule has 0 spiro atoms. The normalized spacial score (nSPS) is 12.2. The molecular formula is C22H25Cl4N3O4S. The Hall–Kier alpha value is -1.71. The number of rotatable bonds is 10. The molecule has 2 aromatic rings. The number of hydrogen-bond donors (Lipinski definition) is 1. The zero-order valence-corrected chi connectivity index (χ0v) is 22.7. The average molecular weight is 569 g/mol. The van der Waals surface area contributed by atoms with Crippen molar-refractivity contribution in [1.29, 1.82) is 0 Å². The van der Waals surface area contributed by atoms with E-state index >= 15 is 0 Å². The van der Waals surface area contributed by atoms with E-state index in [4.69, 9.17) is 46.4 Å². The van der Waals surface area contributed by atoms with Gasteiger partial charge in [0, 0.05) is 18.1 Å². The molecule has 2 aromatic carbocycles. The summed E-state index contributed by atoms with van der Waals surface area (Å²) in [5, 5.41) is 3.47. The van der Waals surface area contributed by atoms with E-state index in [-0.39, 0.29) is 33.2 Å². The Morgan fingerprint density at radius 2 is 1.56 bits per heavy atom. The number of halogens is 4. The lowest BCUT2D eigenvalue weighted by Crippen LogP contribution is -2.52. The first-order valence-corrected chi connectivity index (χ1v) is 13.7. The Morgan fingerprint density at radius 3 is 2.09 bits per heavy atom. The second-order valence-electron chi connectivity index (χ2n) is 7.45. The highest BCUT2D eigenvalue weighted by atomic mass is 35.5. The molecule has 2 amide bonds. The topological polar surface area (TPSA) is 86.8 Å². The van der Waals surface area contributed by atoms with Crippen LogP contribution in [0.15, 0.2) is 36.4 Å². The quantitative estimate of drug-likeness (QED) is 0.408. The van der Waals surface area contributed by atoms with Crippen molar-refractivity contribution in [2.75, 3.05) is 23.7 Å². The molecular weight excluding hydrogens is 544 g/mol. The number of nitrogens with zero attached hydrogens (tertiary/aromatic N) is 2. The van der Waals surface area contributed by atoms with Crippen molar-refractivity contribution in [1.82, 2.24) is 10.2 Å². The van der Waals surface area contributed by atoms with Crippen LogP contribution in [-0.2, 0) is 26.2 Å². The smallest absolute Gasteiger partial charge is 0.244 e. The van der Waals surface area contributed by atoms with Crippen LogP contribution in [0.3, 0.4) is 0 Å². The molecule has 0 aliphatic carbocycles. The maximum atomic E-state index is 13.5. The van der Waals surface area contributed by atoms with Gasteiger partial charge >= 0.3 is 0 Å². The number of amides is 2. The lowest BCUT2D eigenvalue weighted by Gasteiger charge is -2.33. The van der Waals surface area contributed by atoms with Crippen molar-refractivity contribution in [3.63, 3.8) is 0 Å². The number of anilines is 1. The number of benzene rings is 2. The Balaban J connectivity index is 2.49. The maximum absolute atomic E-state index is 13.5. The lowest BCUT2D eigenvalue weighted by molar-refractivity contribution is -0.140. The predicted molar refractivity (Wildman–Crippen MR) is 138 cm³/mol. The first-order valence-electron chi connectivity index (χ1n) is 10.3. The van der Waals surface area contributed by atoms with Crippen molar-refractivity contribution < 1.29 is 18.0 Å². The van der Waals surface area contributed by atoms with Gasteiger partial charge < -0.3 is 10.2 Å². The fourth-order valence-electron chi connectivity index (χ4n) is 3.30. The summed E-state index contributed by atoms with van der Waals surface area (Å²) in [5.41, 5.74) is 0.725. The summed E-state index contributed by atoms with van der Waals surface area (Å²) in [7, 11) is -3.96. The van der Waals surface area contributed by atoms with Crippen LogP contribution in [0, 0.1) is 0 Å². The summed E-state index contributed by atoms with van der Waals surface area (Å²) >= 11 is 24.3. The molecule has 0 bridgehead atoms. The first-order chi connectivity index (χ1) is 15.9. The van der Waals surface area contributed by atoms with Gasteiger partial charge in [-0.1, -0.05) is 65.5 Å². The summed E-state index contributed by atoms with van der Waals surface area (Å²) < 4.78 is 26.1. The SMILES string of the molecule is CCNC(=O)[C@@H](CC)N(Cc1ccc(Cl)cc1)C(=O)CN(c1cc(Cl)c(Cl)cc1Cl)S(C)(=O)=O. The molecule has 0 fully saturated rings. The fraction of sp³-hybridized carbons (Fsp3) is 0.364. The summed E-state index contributed by atoms with van der Waals surface area (Å²) in [4.78, 5) is 27.6. The van der Waals surface area contributed by atoms with Gasteiger partial charge in [-0.25, -0.2) is 8.42 Å². The van der Waals surface area contributed by atoms with Crippen LogP contribution in [0.2, 0.25) is 20.1 Å². The summed E-state index contributed by atoms with van der Waals surface area (Å²) in [6, 6.07) is 8.57. The molecule has 0 unspecified atom stereocenters. The molecule has 2 rings (SSSR count). The molecule has 7 nitrogen and oxygen atoms in total. The molecule has 0 heterocycles. The third kappa shape index (κ3) is 7.39. The van der Waals surface area contributed by atoms with Crippen LogP contribution in [0.1, 0.15) is 25.8 Å². The Morgan fingerprint density at radius 1 is 0.971 bits per heavy atom. The molecule has 1 N–H and O–H groups in total. The van der Waals surface area contributed by atoms with Gasteiger partial charge in [0.15, 0.2) is 0 Å². The minimum absolute atomic E-state index is 0.00409. The molecule has 0 saturated heterocycles.